The van der Waals surface area contributed by atoms with Crippen molar-refractivity contribution < 1.29 is 43.7 Å². The van der Waals surface area contributed by atoms with Crippen molar-refractivity contribution in [3.63, 3.8) is 0 Å². The van der Waals surface area contributed by atoms with Crippen LogP contribution in [0.1, 0.15) is 105 Å². The number of rotatable bonds is 23. The van der Waals surface area contributed by atoms with Crippen LogP contribution in [0.15, 0.2) is 48.1 Å². The number of hydrogen-bond acceptors (Lipinski definition) is 10. The number of phenols is 1. The lowest BCUT2D eigenvalue weighted by Crippen LogP contribution is -2.54. The van der Waals surface area contributed by atoms with Crippen molar-refractivity contribution >= 4 is 30.0 Å². The van der Waals surface area contributed by atoms with Gasteiger partial charge in [0, 0.05) is 46.7 Å². The molecule has 14 heteroatoms. The van der Waals surface area contributed by atoms with Gasteiger partial charge in [-0.15, -0.1) is 0 Å². The van der Waals surface area contributed by atoms with Crippen molar-refractivity contribution in [2.24, 2.45) is 17.8 Å². The van der Waals surface area contributed by atoms with Crippen LogP contribution in [0.4, 0.5) is 0 Å². The van der Waals surface area contributed by atoms with Crippen LogP contribution in [0.3, 0.4) is 0 Å². The van der Waals surface area contributed by atoms with Crippen molar-refractivity contribution in [1.29, 1.82) is 0 Å². The SMILES string of the molecule is CCC.CCC(C)C(C(CC=O)OC)N(C)C(=O)CNC(=O)C(C(C)C)N(C)CCc1ccc(O)cc1.COC(C(C)C(=O)NC(CC1=CCCC=C1)C(=O)O)C1CCCN1C. The first-order valence-corrected chi connectivity index (χ1v) is 22.5. The zero-order valence-corrected chi connectivity index (χ0v) is 39.9. The first-order valence-electron chi connectivity index (χ1n) is 22.5. The first kappa shape index (κ1) is 55.9. The fourth-order valence-corrected chi connectivity index (χ4v) is 8.14. The molecule has 1 aliphatic carbocycles. The van der Waals surface area contributed by atoms with E-state index in [4.69, 9.17) is 9.47 Å². The minimum atomic E-state index is -1.01. The number of carboxylic acid groups (broad SMARTS) is 1. The summed E-state index contributed by atoms with van der Waals surface area (Å²) < 4.78 is 11.1. The van der Waals surface area contributed by atoms with E-state index in [2.05, 4.69) is 29.4 Å². The van der Waals surface area contributed by atoms with Gasteiger partial charge in [-0.3, -0.25) is 19.3 Å². The van der Waals surface area contributed by atoms with Crippen LogP contribution in [0.25, 0.3) is 0 Å². The normalized spacial score (nSPS) is 18.4. The Kier molecular flexibility index (Phi) is 27.1. The molecule has 8 unspecified atom stereocenters. The molecule has 14 nitrogen and oxygen atoms in total. The Balaban J connectivity index is 0.000000605. The van der Waals surface area contributed by atoms with Gasteiger partial charge in [-0.05, 0) is 87.8 Å². The van der Waals surface area contributed by atoms with Gasteiger partial charge in [-0.1, -0.05) is 91.7 Å². The number of methoxy groups -OCH3 is 2. The van der Waals surface area contributed by atoms with Gasteiger partial charge in [0.05, 0.1) is 36.8 Å². The molecule has 3 rings (SSSR count). The summed E-state index contributed by atoms with van der Waals surface area (Å²) in [5, 5.41) is 24.4. The fourth-order valence-electron chi connectivity index (χ4n) is 8.14. The summed E-state index contributed by atoms with van der Waals surface area (Å²) in [5.74, 6) is -1.69. The van der Waals surface area contributed by atoms with Gasteiger partial charge in [-0.2, -0.15) is 0 Å². The fraction of sp³-hybridized carbons (Fsp3) is 0.688. The molecular weight excluding hydrogens is 791 g/mol. The van der Waals surface area contributed by atoms with Crippen LogP contribution >= 0.6 is 0 Å². The molecule has 62 heavy (non-hydrogen) atoms. The number of benzene rings is 1. The molecule has 0 spiro atoms. The molecule has 0 saturated carbocycles. The molecular formula is C48H81N5O9. The number of likely N-dealkylation sites (tertiary alicyclic amines) is 1. The number of carbonyl (C=O) groups excluding carboxylic acids is 4. The number of nitrogens with one attached hydrogen (secondary N) is 2. The van der Waals surface area contributed by atoms with Gasteiger partial charge in [0.1, 0.15) is 18.1 Å². The predicted octanol–water partition coefficient (Wildman–Crippen LogP) is 5.87. The van der Waals surface area contributed by atoms with E-state index in [1.165, 1.54) is 6.42 Å². The highest BCUT2D eigenvalue weighted by Crippen LogP contribution is 2.26. The summed E-state index contributed by atoms with van der Waals surface area (Å²) in [6, 6.07) is 5.67. The molecule has 4 N–H and O–H groups in total. The zero-order chi connectivity index (χ0) is 46.9. The number of carboxylic acids is 1. The molecule has 0 radical (unpaired) electrons. The summed E-state index contributed by atoms with van der Waals surface area (Å²) in [6.45, 7) is 15.6. The van der Waals surface area contributed by atoms with E-state index in [1.807, 2.05) is 84.0 Å². The number of aliphatic carboxylic acids is 1. The van der Waals surface area contributed by atoms with Crippen molar-refractivity contribution in [1.82, 2.24) is 25.3 Å². The molecule has 2 aliphatic rings. The predicted molar refractivity (Wildman–Crippen MR) is 246 cm³/mol. The van der Waals surface area contributed by atoms with E-state index < -0.39 is 24.0 Å². The lowest BCUT2D eigenvalue weighted by Gasteiger charge is -2.37. The van der Waals surface area contributed by atoms with E-state index in [1.54, 1.807) is 38.3 Å². The average molecular weight is 872 g/mol. The maximum Gasteiger partial charge on any atom is 0.326 e. The number of carbonyl (C=O) groups is 5. The number of hydrogen-bond donors (Lipinski definition) is 4. The maximum atomic E-state index is 13.0. The minimum absolute atomic E-state index is 0.0518. The average Bonchev–Trinajstić information content (AvgIpc) is 3.67. The zero-order valence-electron chi connectivity index (χ0n) is 39.9. The maximum absolute atomic E-state index is 13.0. The second-order valence-corrected chi connectivity index (χ2v) is 17.1. The largest absolute Gasteiger partial charge is 0.508 e. The number of likely N-dealkylation sites (N-methyl/N-ethyl adjacent to an activating group) is 3. The van der Waals surface area contributed by atoms with Gasteiger partial charge in [-0.25, -0.2) is 4.79 Å². The molecule has 1 saturated heterocycles. The summed E-state index contributed by atoms with van der Waals surface area (Å²) in [5.41, 5.74) is 2.04. The number of amides is 3. The van der Waals surface area contributed by atoms with Gasteiger partial charge >= 0.3 is 5.97 Å². The molecule has 1 aromatic rings. The second kappa shape index (κ2) is 30.1. The lowest BCUT2D eigenvalue weighted by molar-refractivity contribution is -0.143. The molecule has 3 amide bonds. The van der Waals surface area contributed by atoms with E-state index in [9.17, 15) is 34.2 Å². The third-order valence-electron chi connectivity index (χ3n) is 11.8. The Labute approximate surface area is 372 Å². The van der Waals surface area contributed by atoms with Crippen molar-refractivity contribution in [3.8, 4) is 5.75 Å². The highest BCUT2D eigenvalue weighted by molar-refractivity contribution is 5.88. The Morgan fingerprint density at radius 3 is 2.11 bits per heavy atom. The summed E-state index contributed by atoms with van der Waals surface area (Å²) in [7, 11) is 8.81. The van der Waals surface area contributed by atoms with Crippen molar-refractivity contribution in [3.05, 3.63) is 53.6 Å². The summed E-state index contributed by atoms with van der Waals surface area (Å²) in [4.78, 5) is 67.1. The number of aldehydes is 1. The number of nitrogens with zero attached hydrogens (tertiary/aromatic N) is 3. The van der Waals surface area contributed by atoms with Crippen LogP contribution < -0.4 is 10.6 Å². The van der Waals surface area contributed by atoms with Crippen LogP contribution in [0.5, 0.6) is 5.75 Å². The Morgan fingerprint density at radius 2 is 1.63 bits per heavy atom. The van der Waals surface area contributed by atoms with Gasteiger partial charge < -0.3 is 44.9 Å². The van der Waals surface area contributed by atoms with E-state index >= 15 is 0 Å². The highest BCUT2D eigenvalue weighted by atomic mass is 16.5. The molecule has 1 aliphatic heterocycles. The molecule has 1 fully saturated rings. The number of allylic oxidation sites excluding steroid dienone is 3. The topological polar surface area (TPSA) is 178 Å². The Hall–Kier alpha value is -4.11. The summed E-state index contributed by atoms with van der Waals surface area (Å²) in [6.07, 6.45) is 13.5. The van der Waals surface area contributed by atoms with Crippen LogP contribution in [-0.4, -0.2) is 146 Å². The Bertz CT molecular complexity index is 1550. The van der Waals surface area contributed by atoms with Crippen molar-refractivity contribution in [2.45, 2.75) is 143 Å². The number of phenolic OH excluding ortho intramolecular Hbond substituents is 1. The van der Waals surface area contributed by atoms with Crippen LogP contribution in [-0.2, 0) is 39.9 Å². The smallest absolute Gasteiger partial charge is 0.326 e. The van der Waals surface area contributed by atoms with Gasteiger partial charge in [0.25, 0.3) is 0 Å². The van der Waals surface area contributed by atoms with E-state index in [-0.39, 0.29) is 72.5 Å². The quantitative estimate of drug-likeness (QED) is 0.0968. The highest BCUT2D eigenvalue weighted by Gasteiger charge is 2.37. The third kappa shape index (κ3) is 18.7. The monoisotopic (exact) mass is 872 g/mol. The Morgan fingerprint density at radius 1 is 0.984 bits per heavy atom. The number of ether oxygens (including phenoxy) is 2. The van der Waals surface area contributed by atoms with Gasteiger partial charge in [0.2, 0.25) is 17.7 Å². The standard InChI is InChI=1S/C26H43N3O5.C19H30N2O4.C3H8/c1-8-19(4)25(22(34-7)14-16-30)29(6)23(32)17-27-26(33)24(18(2)3)28(5)15-13-20-9-11-21(31)12-10-20;1-13(17(25-3)16-10-7-11-21(16)2)18(22)20-15(19(23)24)12-14-8-5-4-6-9-14;1-3-2/h9-12,16,18-19,22,24-25,31H,8,13-15,17H2,1-7H3,(H,27,33);5,8-9,13,15-17H,4,6-7,10-12H2,1-3H3,(H,20,22)(H,23,24);3H2,1-2H3. The molecule has 0 aromatic heterocycles. The van der Waals surface area contributed by atoms with Crippen LogP contribution in [0.2, 0.25) is 0 Å². The second-order valence-electron chi connectivity index (χ2n) is 17.1. The van der Waals surface area contributed by atoms with Gasteiger partial charge in [0.15, 0.2) is 0 Å². The van der Waals surface area contributed by atoms with E-state index in [0.717, 1.165) is 62.5 Å². The summed E-state index contributed by atoms with van der Waals surface area (Å²) >= 11 is 0. The van der Waals surface area contributed by atoms with Crippen LogP contribution in [0, 0.1) is 17.8 Å². The lowest BCUT2D eigenvalue weighted by atomic mass is 9.91. The molecule has 352 valence electrons. The third-order valence-corrected chi connectivity index (χ3v) is 11.8. The minimum Gasteiger partial charge on any atom is -0.508 e. The molecule has 1 aromatic carbocycles. The molecule has 8 atom stereocenters. The molecule has 0 bridgehead atoms. The van der Waals surface area contributed by atoms with E-state index in [0.29, 0.717) is 13.0 Å². The molecule has 1 heterocycles. The van der Waals surface area contributed by atoms with Crippen molar-refractivity contribution in [2.75, 3.05) is 55.0 Å². The first-order chi connectivity index (χ1) is 29.4. The number of aromatic hydroxyl groups is 1.